The second kappa shape index (κ2) is 9.99. The maximum atomic E-state index is 10.2. The third kappa shape index (κ3) is 8.02. The highest BCUT2D eigenvalue weighted by Crippen LogP contribution is 2.10. The van der Waals surface area contributed by atoms with Gasteiger partial charge in [0.05, 0.1) is 11.7 Å². The zero-order chi connectivity index (χ0) is 13.9. The summed E-state index contributed by atoms with van der Waals surface area (Å²) >= 11 is 1.25. The zero-order valence-corrected chi connectivity index (χ0v) is 12.1. The average Bonchev–Trinajstić information content (AvgIpc) is 2.88. The molecule has 0 radical (unpaired) electrons. The van der Waals surface area contributed by atoms with Crippen LogP contribution >= 0.6 is 11.8 Å². The maximum absolute atomic E-state index is 10.2. The summed E-state index contributed by atoms with van der Waals surface area (Å²) in [4.78, 5) is 10.2. The normalized spacial score (nSPS) is 19.6. The fourth-order valence-electron chi connectivity index (χ4n) is 1.84. The van der Waals surface area contributed by atoms with Crippen molar-refractivity contribution in [3.63, 3.8) is 0 Å². The monoisotopic (exact) mass is 290 g/mol. The molecule has 1 heterocycles. The lowest BCUT2D eigenvalue weighted by Gasteiger charge is -2.09. The van der Waals surface area contributed by atoms with Crippen LogP contribution in [0.25, 0.3) is 0 Å². The van der Waals surface area contributed by atoms with Gasteiger partial charge in [0.2, 0.25) is 5.17 Å². The maximum Gasteiger partial charge on any atom is 0.234 e. The van der Waals surface area contributed by atoms with Crippen LogP contribution < -0.4 is 10.6 Å². The van der Waals surface area contributed by atoms with Crippen molar-refractivity contribution in [2.24, 2.45) is 11.0 Å². The molecule has 7 nitrogen and oxygen atoms in total. The van der Waals surface area contributed by atoms with Crippen molar-refractivity contribution < 1.29 is 9.77 Å². The minimum absolute atomic E-state index is 0.362. The first kappa shape index (κ1) is 16.2. The molecule has 8 heteroatoms. The number of nitrogens with one attached hydrogen (secondary N) is 2. The first-order chi connectivity index (χ1) is 9.22. The highest BCUT2D eigenvalue weighted by Gasteiger charge is 2.14. The van der Waals surface area contributed by atoms with Gasteiger partial charge >= 0.3 is 0 Å². The van der Waals surface area contributed by atoms with Gasteiger partial charge in [0.15, 0.2) is 5.03 Å². The van der Waals surface area contributed by atoms with E-state index in [1.54, 1.807) is 6.26 Å². The summed E-state index contributed by atoms with van der Waals surface area (Å²) in [6, 6.07) is 0. The van der Waals surface area contributed by atoms with Gasteiger partial charge in [-0.3, -0.25) is 0 Å². The second-order valence-corrected chi connectivity index (χ2v) is 5.21. The molecule has 1 unspecified atom stereocenters. The molecular formula is C11H22N4O3S. The number of thioether (sulfide) groups is 1. The number of hydrogen-bond acceptors (Lipinski definition) is 5. The van der Waals surface area contributed by atoms with Crippen LogP contribution in [-0.2, 0) is 4.74 Å². The van der Waals surface area contributed by atoms with E-state index in [0.29, 0.717) is 17.6 Å². The Balaban J connectivity index is 1.93. The van der Waals surface area contributed by atoms with Crippen LogP contribution in [0.15, 0.2) is 5.10 Å². The van der Waals surface area contributed by atoms with Gasteiger partial charge in [-0.1, -0.05) is 11.8 Å². The van der Waals surface area contributed by atoms with Gasteiger partial charge in [0.25, 0.3) is 0 Å². The van der Waals surface area contributed by atoms with Crippen LogP contribution in [0.3, 0.4) is 0 Å². The van der Waals surface area contributed by atoms with Crippen molar-refractivity contribution >= 4 is 16.9 Å². The van der Waals surface area contributed by atoms with E-state index in [1.807, 2.05) is 0 Å². The average molecular weight is 290 g/mol. The van der Waals surface area contributed by atoms with Gasteiger partial charge in [-0.2, -0.15) is 0 Å². The Morgan fingerprint density at radius 1 is 1.53 bits per heavy atom. The molecule has 0 amide bonds. The number of ether oxygens (including phenoxy) is 1. The summed E-state index contributed by atoms with van der Waals surface area (Å²) < 4.78 is 5.30. The SMILES string of the molecule is CSC(=N[N+](=O)[O-])NCCCCNCC1CCOC1. The van der Waals surface area contributed by atoms with Crippen molar-refractivity contribution in [1.82, 2.24) is 10.6 Å². The number of nitro groups is 1. The molecule has 0 aromatic rings. The van der Waals surface area contributed by atoms with E-state index in [4.69, 9.17) is 4.74 Å². The van der Waals surface area contributed by atoms with Crippen LogP contribution in [0, 0.1) is 16.0 Å². The van der Waals surface area contributed by atoms with Crippen molar-refractivity contribution in [3.05, 3.63) is 10.1 Å². The number of hydrogen-bond donors (Lipinski definition) is 2. The quantitative estimate of drug-likeness (QED) is 0.227. The summed E-state index contributed by atoms with van der Waals surface area (Å²) in [6.45, 7) is 4.47. The molecule has 0 aromatic heterocycles. The molecule has 1 rings (SSSR count). The van der Waals surface area contributed by atoms with Gasteiger partial charge < -0.3 is 15.4 Å². The Kier molecular flexibility index (Phi) is 8.52. The van der Waals surface area contributed by atoms with Crippen LogP contribution in [0.1, 0.15) is 19.3 Å². The summed E-state index contributed by atoms with van der Waals surface area (Å²) in [5.74, 6) is 0.661. The molecule has 0 bridgehead atoms. The van der Waals surface area contributed by atoms with Crippen molar-refractivity contribution in [2.75, 3.05) is 39.1 Å². The molecule has 0 aliphatic carbocycles. The smallest absolute Gasteiger partial charge is 0.234 e. The van der Waals surface area contributed by atoms with Crippen LogP contribution in [0.2, 0.25) is 0 Å². The van der Waals surface area contributed by atoms with Gasteiger partial charge in [0.1, 0.15) is 0 Å². The third-order valence-corrected chi connectivity index (χ3v) is 3.49. The van der Waals surface area contributed by atoms with Gasteiger partial charge in [-0.25, -0.2) is 10.1 Å². The molecule has 1 aliphatic rings. The molecule has 1 aliphatic heterocycles. The first-order valence-electron chi connectivity index (χ1n) is 6.51. The molecule has 1 atom stereocenters. The topological polar surface area (TPSA) is 88.8 Å². The van der Waals surface area contributed by atoms with Gasteiger partial charge in [-0.15, -0.1) is 0 Å². The van der Waals surface area contributed by atoms with Crippen LogP contribution in [0.4, 0.5) is 0 Å². The molecule has 0 saturated carbocycles. The number of nitrogens with zero attached hydrogens (tertiary/aromatic N) is 2. The Hall–Kier alpha value is -0.860. The van der Waals surface area contributed by atoms with Crippen molar-refractivity contribution in [3.8, 4) is 0 Å². The lowest BCUT2D eigenvalue weighted by Crippen LogP contribution is -2.26. The van der Waals surface area contributed by atoms with E-state index >= 15 is 0 Å². The lowest BCUT2D eigenvalue weighted by atomic mass is 10.1. The minimum atomic E-state index is -0.677. The van der Waals surface area contributed by atoms with Gasteiger partial charge in [-0.05, 0) is 38.0 Å². The van der Waals surface area contributed by atoms with E-state index in [1.165, 1.54) is 11.8 Å². The first-order valence-corrected chi connectivity index (χ1v) is 7.74. The largest absolute Gasteiger partial charge is 0.381 e. The standard InChI is InChI=1S/C11H22N4O3S/c1-19-11(14-15(16)17)13-6-3-2-5-12-8-10-4-7-18-9-10/h10,12H,2-9H2,1H3,(H,13,14). The minimum Gasteiger partial charge on any atom is -0.381 e. The molecule has 1 fully saturated rings. The van der Waals surface area contributed by atoms with E-state index < -0.39 is 5.03 Å². The second-order valence-electron chi connectivity index (χ2n) is 4.41. The molecule has 19 heavy (non-hydrogen) atoms. The number of hydrazone groups is 1. The predicted molar refractivity (Wildman–Crippen MR) is 77.0 cm³/mol. The lowest BCUT2D eigenvalue weighted by molar-refractivity contribution is -0.484. The van der Waals surface area contributed by atoms with Crippen LogP contribution in [0.5, 0.6) is 0 Å². The molecule has 110 valence electrons. The van der Waals surface area contributed by atoms with Crippen LogP contribution in [-0.4, -0.2) is 49.3 Å². The molecule has 1 saturated heterocycles. The van der Waals surface area contributed by atoms with E-state index in [2.05, 4.69) is 15.7 Å². The number of amidine groups is 1. The molecule has 0 spiro atoms. The summed E-state index contributed by atoms with van der Waals surface area (Å²) in [7, 11) is 0. The van der Waals surface area contributed by atoms with Crippen molar-refractivity contribution in [1.29, 1.82) is 0 Å². The van der Waals surface area contributed by atoms with Gasteiger partial charge in [0, 0.05) is 19.7 Å². The molecular weight excluding hydrogens is 268 g/mol. The van der Waals surface area contributed by atoms with E-state index in [-0.39, 0.29) is 0 Å². The summed E-state index contributed by atoms with van der Waals surface area (Å²) in [5.41, 5.74) is 0. The molecule has 2 N–H and O–H groups in total. The fraction of sp³-hybridized carbons (Fsp3) is 0.909. The predicted octanol–water partition coefficient (Wildman–Crippen LogP) is 0.893. The zero-order valence-electron chi connectivity index (χ0n) is 11.3. The van der Waals surface area contributed by atoms with Crippen molar-refractivity contribution in [2.45, 2.75) is 19.3 Å². The Bertz CT molecular complexity index is 296. The summed E-state index contributed by atoms with van der Waals surface area (Å²) in [5, 5.41) is 19.5. The highest BCUT2D eigenvalue weighted by atomic mass is 32.2. The summed E-state index contributed by atoms with van der Waals surface area (Å²) in [6.07, 6.45) is 4.93. The van der Waals surface area contributed by atoms with E-state index in [9.17, 15) is 10.1 Å². The number of unbranched alkanes of at least 4 members (excludes halogenated alkanes) is 1. The fourth-order valence-corrected chi connectivity index (χ4v) is 2.24. The highest BCUT2D eigenvalue weighted by molar-refractivity contribution is 8.13. The molecule has 0 aromatic carbocycles. The number of rotatable bonds is 8. The van der Waals surface area contributed by atoms with E-state index in [0.717, 1.165) is 45.6 Å². The Morgan fingerprint density at radius 2 is 2.32 bits per heavy atom. The Morgan fingerprint density at radius 3 is 2.95 bits per heavy atom. The third-order valence-electron chi connectivity index (χ3n) is 2.88. The Labute approximate surface area is 117 Å².